The minimum Gasteiger partial charge on any atom is -0.361 e. The minimum atomic E-state index is 1.11. The van der Waals surface area contributed by atoms with Gasteiger partial charge < -0.3 is 5.32 Å². The van der Waals surface area contributed by atoms with Crippen molar-refractivity contribution in [3.05, 3.63) is 54.3 Å². The number of benzene rings is 1. The molecule has 11 heavy (non-hydrogen) atoms. The van der Waals surface area contributed by atoms with E-state index in [0.29, 0.717) is 0 Å². The first-order valence-electron chi connectivity index (χ1n) is 3.57. The summed E-state index contributed by atoms with van der Waals surface area (Å²) in [7, 11) is 0. The third kappa shape index (κ3) is 1.17. The molecule has 2 rings (SSSR count). The van der Waals surface area contributed by atoms with E-state index in [0.717, 1.165) is 11.3 Å². The SMILES string of the molecule is [C]1=CC=CNc2ccccc21. The molecular formula is C10H8N. The Bertz CT molecular complexity index is 310. The molecule has 53 valence electrons. The maximum absolute atomic E-state index is 3.15. The van der Waals surface area contributed by atoms with Crippen LogP contribution in [0.2, 0.25) is 0 Å². The largest absolute Gasteiger partial charge is 0.361 e. The molecule has 0 unspecified atom stereocenters. The Balaban J connectivity index is 2.52. The van der Waals surface area contributed by atoms with Crippen molar-refractivity contribution in [3.63, 3.8) is 0 Å². The minimum absolute atomic E-state index is 1.11. The van der Waals surface area contributed by atoms with Gasteiger partial charge in [0.25, 0.3) is 0 Å². The molecule has 1 aromatic rings. The lowest BCUT2D eigenvalue weighted by atomic mass is 10.2. The summed E-state index contributed by atoms with van der Waals surface area (Å²) >= 11 is 0. The van der Waals surface area contributed by atoms with E-state index in [1.807, 2.05) is 42.6 Å². The fraction of sp³-hybridized carbons (Fsp3) is 0. The van der Waals surface area contributed by atoms with Crippen LogP contribution < -0.4 is 5.32 Å². The number of para-hydroxylation sites is 1. The van der Waals surface area contributed by atoms with Crippen molar-refractivity contribution in [2.45, 2.75) is 0 Å². The lowest BCUT2D eigenvalue weighted by molar-refractivity contribution is 1.53. The molecule has 0 atom stereocenters. The average molecular weight is 142 g/mol. The molecule has 0 amide bonds. The van der Waals surface area contributed by atoms with Crippen LogP contribution in [0.5, 0.6) is 0 Å². The predicted octanol–water partition coefficient (Wildman–Crippen LogP) is 2.33. The summed E-state index contributed by atoms with van der Waals surface area (Å²) in [6.07, 6.45) is 8.88. The van der Waals surface area contributed by atoms with Crippen LogP contribution in [0.4, 0.5) is 5.69 Å². The molecule has 1 heterocycles. The van der Waals surface area contributed by atoms with E-state index in [2.05, 4.69) is 11.4 Å². The second-order valence-corrected chi connectivity index (χ2v) is 2.36. The molecule has 0 aliphatic carbocycles. The molecule has 1 aliphatic heterocycles. The maximum atomic E-state index is 3.15. The van der Waals surface area contributed by atoms with Crippen molar-refractivity contribution < 1.29 is 0 Å². The number of hydrogen-bond donors (Lipinski definition) is 1. The zero-order chi connectivity index (χ0) is 7.52. The van der Waals surface area contributed by atoms with Crippen molar-refractivity contribution in [2.24, 2.45) is 0 Å². The van der Waals surface area contributed by atoms with Crippen LogP contribution >= 0.6 is 0 Å². The Morgan fingerprint density at radius 3 is 3.09 bits per heavy atom. The van der Waals surface area contributed by atoms with Crippen LogP contribution in [0.15, 0.2) is 42.6 Å². The maximum Gasteiger partial charge on any atom is 0.0459 e. The fourth-order valence-corrected chi connectivity index (χ4v) is 1.06. The first-order valence-corrected chi connectivity index (χ1v) is 3.57. The van der Waals surface area contributed by atoms with Gasteiger partial charge in [-0.1, -0.05) is 24.3 Å². The summed E-state index contributed by atoms with van der Waals surface area (Å²) in [6.45, 7) is 0. The van der Waals surface area contributed by atoms with Gasteiger partial charge in [-0.15, -0.1) is 0 Å². The van der Waals surface area contributed by atoms with Gasteiger partial charge in [-0.3, -0.25) is 0 Å². The molecule has 0 spiro atoms. The molecule has 0 fully saturated rings. The number of rotatable bonds is 0. The standard InChI is InChI=1S/C10H8N/c1-2-7-10-9(5-1)6-3-4-8-11-10/h1-5,7-8,11H. The van der Waals surface area contributed by atoms with Crippen molar-refractivity contribution in [3.8, 4) is 0 Å². The quantitative estimate of drug-likeness (QED) is 0.586. The number of allylic oxidation sites excluding steroid dienone is 2. The summed E-state index contributed by atoms with van der Waals surface area (Å²) in [6, 6.07) is 8.08. The average Bonchev–Trinajstić information content (AvgIpc) is 2.28. The van der Waals surface area contributed by atoms with Gasteiger partial charge in [-0.2, -0.15) is 0 Å². The predicted molar refractivity (Wildman–Crippen MR) is 46.1 cm³/mol. The molecule has 0 bridgehead atoms. The van der Waals surface area contributed by atoms with Crippen molar-refractivity contribution >= 4 is 5.69 Å². The Morgan fingerprint density at radius 2 is 2.09 bits per heavy atom. The monoisotopic (exact) mass is 142 g/mol. The third-order valence-corrected chi connectivity index (χ3v) is 1.60. The topological polar surface area (TPSA) is 12.0 Å². The second-order valence-electron chi connectivity index (χ2n) is 2.36. The van der Waals surface area contributed by atoms with Gasteiger partial charge in [0.1, 0.15) is 0 Å². The molecule has 0 saturated carbocycles. The molecule has 0 aromatic heterocycles. The Kier molecular flexibility index (Phi) is 1.48. The number of hydrogen-bond acceptors (Lipinski definition) is 1. The molecule has 1 radical (unpaired) electrons. The molecule has 1 nitrogen and oxygen atoms in total. The highest BCUT2D eigenvalue weighted by molar-refractivity contribution is 5.57. The smallest absolute Gasteiger partial charge is 0.0459 e. The van der Waals surface area contributed by atoms with Gasteiger partial charge in [0.05, 0.1) is 0 Å². The zero-order valence-electron chi connectivity index (χ0n) is 6.04. The molecule has 1 aliphatic rings. The second kappa shape index (κ2) is 2.62. The zero-order valence-corrected chi connectivity index (χ0v) is 6.04. The van der Waals surface area contributed by atoms with Gasteiger partial charge in [0.15, 0.2) is 0 Å². The summed E-state index contributed by atoms with van der Waals surface area (Å²) in [5, 5.41) is 3.15. The fourth-order valence-electron chi connectivity index (χ4n) is 1.06. The van der Waals surface area contributed by atoms with Gasteiger partial charge in [-0.05, 0) is 18.2 Å². The Labute approximate surface area is 66.1 Å². The van der Waals surface area contributed by atoms with Crippen LogP contribution in [-0.2, 0) is 0 Å². The van der Waals surface area contributed by atoms with E-state index < -0.39 is 0 Å². The van der Waals surface area contributed by atoms with E-state index in [-0.39, 0.29) is 0 Å². The van der Waals surface area contributed by atoms with Crippen molar-refractivity contribution in [1.29, 1.82) is 0 Å². The van der Waals surface area contributed by atoms with Gasteiger partial charge in [-0.25, -0.2) is 0 Å². The third-order valence-electron chi connectivity index (χ3n) is 1.60. The Hall–Kier alpha value is -1.50. The van der Waals surface area contributed by atoms with Gasteiger partial charge >= 0.3 is 0 Å². The molecular weight excluding hydrogens is 134 g/mol. The van der Waals surface area contributed by atoms with Gasteiger partial charge in [0, 0.05) is 17.5 Å². The lowest BCUT2D eigenvalue weighted by Crippen LogP contribution is -1.87. The highest BCUT2D eigenvalue weighted by Crippen LogP contribution is 2.16. The highest BCUT2D eigenvalue weighted by atomic mass is 14.8. The first kappa shape index (κ1) is 6.23. The van der Waals surface area contributed by atoms with Gasteiger partial charge in [0.2, 0.25) is 0 Å². The van der Waals surface area contributed by atoms with E-state index >= 15 is 0 Å². The highest BCUT2D eigenvalue weighted by Gasteiger charge is 1.96. The van der Waals surface area contributed by atoms with Crippen LogP contribution in [0.1, 0.15) is 5.56 Å². The summed E-state index contributed by atoms with van der Waals surface area (Å²) in [5.41, 5.74) is 2.22. The van der Waals surface area contributed by atoms with E-state index in [1.165, 1.54) is 0 Å². The van der Waals surface area contributed by atoms with E-state index in [9.17, 15) is 0 Å². The number of anilines is 1. The van der Waals surface area contributed by atoms with Crippen LogP contribution in [0.25, 0.3) is 0 Å². The van der Waals surface area contributed by atoms with Crippen LogP contribution in [-0.4, -0.2) is 0 Å². The molecule has 1 N–H and O–H groups in total. The molecule has 1 heteroatoms. The van der Waals surface area contributed by atoms with E-state index in [4.69, 9.17) is 0 Å². The summed E-state index contributed by atoms with van der Waals surface area (Å²) in [5.74, 6) is 0. The van der Waals surface area contributed by atoms with Crippen LogP contribution in [0.3, 0.4) is 0 Å². The lowest BCUT2D eigenvalue weighted by Gasteiger charge is -2.01. The summed E-state index contributed by atoms with van der Waals surface area (Å²) in [4.78, 5) is 0. The number of nitrogens with one attached hydrogen (secondary N) is 1. The normalized spacial score (nSPS) is 13.5. The summed E-state index contributed by atoms with van der Waals surface area (Å²) < 4.78 is 0. The molecule has 0 saturated heterocycles. The Morgan fingerprint density at radius 1 is 1.18 bits per heavy atom. The van der Waals surface area contributed by atoms with E-state index in [1.54, 1.807) is 0 Å². The van der Waals surface area contributed by atoms with Crippen molar-refractivity contribution in [1.82, 2.24) is 0 Å². The van der Waals surface area contributed by atoms with Crippen LogP contribution in [0, 0.1) is 6.08 Å². The number of fused-ring (bicyclic) bond motifs is 1. The first-order chi connectivity index (χ1) is 5.47. The molecule has 1 aromatic carbocycles. The van der Waals surface area contributed by atoms with Crippen molar-refractivity contribution in [2.75, 3.05) is 5.32 Å².